The number of carbonyl (C=O) groups is 2. The molecule has 0 radical (unpaired) electrons. The molecule has 2 heterocycles. The van der Waals surface area contributed by atoms with Crippen molar-refractivity contribution in [2.75, 3.05) is 7.05 Å². The van der Waals surface area contributed by atoms with Crippen LogP contribution in [0, 0.1) is 0 Å². The summed E-state index contributed by atoms with van der Waals surface area (Å²) in [5.41, 5.74) is 9.05. The Balaban J connectivity index is 0.000000236. The number of likely N-dealkylation sites (N-methyl/N-ethyl adjacent to an activating group) is 1. The lowest BCUT2D eigenvalue weighted by Gasteiger charge is -2.33. The second-order valence-electron chi connectivity index (χ2n) is 4.88. The Hall–Kier alpha value is -2.07. The Morgan fingerprint density at radius 1 is 1.48 bits per heavy atom. The summed E-state index contributed by atoms with van der Waals surface area (Å²) in [6.45, 7) is 0. The Morgan fingerprint density at radius 2 is 2.04 bits per heavy atom. The quantitative estimate of drug-likeness (QED) is 0.548. The van der Waals surface area contributed by atoms with Gasteiger partial charge < -0.3 is 20.5 Å². The highest BCUT2D eigenvalue weighted by atomic mass is 79.9. The maximum absolute atomic E-state index is 12.0. The molecule has 1 unspecified atom stereocenters. The van der Waals surface area contributed by atoms with Crippen LogP contribution in [0.2, 0.25) is 0 Å². The monoisotopic (exact) mass is 393 g/mol. The highest BCUT2D eigenvalue weighted by molar-refractivity contribution is 9.11. The van der Waals surface area contributed by atoms with Crippen molar-refractivity contribution in [2.24, 2.45) is 5.73 Å². The van der Waals surface area contributed by atoms with E-state index in [9.17, 15) is 18.0 Å². The van der Waals surface area contributed by atoms with Crippen molar-refractivity contribution >= 4 is 27.7 Å². The first-order chi connectivity index (χ1) is 10.6. The lowest BCUT2D eigenvalue weighted by molar-refractivity contribution is -0.525. The molecule has 23 heavy (non-hydrogen) atoms. The van der Waals surface area contributed by atoms with Crippen molar-refractivity contribution in [3.05, 3.63) is 45.5 Å². The van der Waals surface area contributed by atoms with Gasteiger partial charge in [0.05, 0.1) is 17.3 Å². The third-order valence-corrected chi connectivity index (χ3v) is 4.28. The zero-order valence-corrected chi connectivity index (χ0v) is 13.2. The summed E-state index contributed by atoms with van der Waals surface area (Å²) in [5, 5.41) is 10.6. The van der Waals surface area contributed by atoms with Crippen LogP contribution >= 0.6 is 15.9 Å². The summed E-state index contributed by atoms with van der Waals surface area (Å²) < 4.78 is 32.3. The van der Waals surface area contributed by atoms with Crippen LogP contribution in [-0.2, 0) is 9.59 Å². The summed E-state index contributed by atoms with van der Waals surface area (Å²) in [4.78, 5) is 22.8. The van der Waals surface area contributed by atoms with E-state index in [-0.39, 0.29) is 11.8 Å². The predicted molar refractivity (Wildman–Crippen MR) is 73.9 cm³/mol. The number of carboxylic acid groups (broad SMARTS) is 1. The number of Topliss-reactive ketones (excluding diaryl/α,β-unsaturated/α-hetero) is 1. The van der Waals surface area contributed by atoms with E-state index in [1.54, 1.807) is 0 Å². The summed E-state index contributed by atoms with van der Waals surface area (Å²) in [6, 6.07) is 0.0442. The molecule has 6 nitrogen and oxygen atoms in total. The second-order valence-corrected chi connectivity index (χ2v) is 5.73. The third kappa shape index (κ3) is 3.04. The number of carboxylic acids is 1. The summed E-state index contributed by atoms with van der Waals surface area (Å²) in [7, 11) is 1.98. The van der Waals surface area contributed by atoms with E-state index >= 15 is 0 Å². The van der Waals surface area contributed by atoms with E-state index in [1.165, 1.54) is 0 Å². The van der Waals surface area contributed by atoms with Crippen molar-refractivity contribution in [3.63, 3.8) is 0 Å². The molecule has 0 saturated carbocycles. The van der Waals surface area contributed by atoms with Gasteiger partial charge in [-0.1, -0.05) is 15.9 Å². The van der Waals surface area contributed by atoms with Gasteiger partial charge >= 0.3 is 6.18 Å². The number of ketones is 1. The molecule has 0 amide bonds. The van der Waals surface area contributed by atoms with Crippen molar-refractivity contribution in [3.8, 4) is 0 Å². The number of halogens is 4. The Labute approximate surface area is 136 Å². The number of alkyl halides is 3. The van der Waals surface area contributed by atoms with Crippen LogP contribution in [0.15, 0.2) is 45.5 Å². The second kappa shape index (κ2) is 5.85. The molecule has 0 aromatic carbocycles. The van der Waals surface area contributed by atoms with E-state index in [2.05, 4.69) is 20.8 Å². The zero-order valence-electron chi connectivity index (χ0n) is 11.6. The number of carbonyl (C=O) groups excluding carboxylic acids is 2. The molecule has 0 spiro atoms. The molecule has 0 saturated heterocycles. The van der Waals surface area contributed by atoms with E-state index in [0.717, 1.165) is 21.3 Å². The van der Waals surface area contributed by atoms with Gasteiger partial charge in [0.1, 0.15) is 12.2 Å². The number of rotatable bonds is 0. The van der Waals surface area contributed by atoms with Gasteiger partial charge in [-0.3, -0.25) is 10.1 Å². The van der Waals surface area contributed by atoms with E-state index in [0.29, 0.717) is 5.70 Å². The van der Waals surface area contributed by atoms with E-state index in [1.807, 2.05) is 30.8 Å². The number of quaternary nitrogens is 1. The molecular weight excluding hydrogens is 383 g/mol. The van der Waals surface area contributed by atoms with Gasteiger partial charge in [0, 0.05) is 23.3 Å². The fourth-order valence-electron chi connectivity index (χ4n) is 2.35. The Bertz CT molecular complexity index is 707. The van der Waals surface area contributed by atoms with E-state index < -0.39 is 12.1 Å². The summed E-state index contributed by atoms with van der Waals surface area (Å²) >= 11 is 3.44. The maximum atomic E-state index is 12.0. The normalized spacial score (nSPS) is 22.7. The van der Waals surface area contributed by atoms with Crippen LogP contribution in [0.4, 0.5) is 13.2 Å². The van der Waals surface area contributed by atoms with Crippen LogP contribution in [0.1, 0.15) is 0 Å². The zero-order chi connectivity index (χ0) is 17.5. The molecule has 1 atom stereocenters. The van der Waals surface area contributed by atoms with Crippen LogP contribution in [-0.4, -0.2) is 35.9 Å². The Kier molecular flexibility index (Phi) is 4.40. The molecule has 0 aromatic rings. The molecule has 3 rings (SSSR count). The molecule has 124 valence electrons. The molecule has 10 heteroatoms. The average molecular weight is 394 g/mol. The molecule has 0 bridgehead atoms. The third-order valence-electron chi connectivity index (χ3n) is 3.42. The van der Waals surface area contributed by atoms with Crippen molar-refractivity contribution < 1.29 is 33.2 Å². The van der Waals surface area contributed by atoms with Crippen LogP contribution in [0.5, 0.6) is 0 Å². The first-order valence-corrected chi connectivity index (χ1v) is 7.02. The summed E-state index contributed by atoms with van der Waals surface area (Å²) in [5.74, 6) is -3.08. The first kappa shape index (κ1) is 17.3. The number of nitrogens with zero attached hydrogens (tertiary/aromatic N) is 1. The molecule has 1 aliphatic carbocycles. The topological polar surface area (TPSA) is 103 Å². The fourth-order valence-corrected chi connectivity index (χ4v) is 3.08. The number of hydrogen-bond acceptors (Lipinski definition) is 5. The van der Waals surface area contributed by atoms with Gasteiger partial charge in [-0.05, 0) is 6.08 Å². The highest BCUT2D eigenvalue weighted by Gasteiger charge is 2.43. The van der Waals surface area contributed by atoms with Gasteiger partial charge in [0.25, 0.3) is 5.78 Å². The Morgan fingerprint density at radius 3 is 2.57 bits per heavy atom. The molecule has 0 fully saturated rings. The molecule has 4 N–H and O–H groups in total. The first-order valence-electron chi connectivity index (χ1n) is 6.23. The molecule has 2 aliphatic heterocycles. The predicted octanol–water partition coefficient (Wildman–Crippen LogP) is -1.02. The smallest absolute Gasteiger partial charge is 0.430 e. The molecule has 3 aliphatic rings. The minimum Gasteiger partial charge on any atom is -0.542 e. The van der Waals surface area contributed by atoms with E-state index in [4.69, 9.17) is 15.6 Å². The minimum atomic E-state index is -5.19. The number of hydrogen-bond donors (Lipinski definition) is 2. The molecular formula is C13H11BrF3N3O3. The lowest BCUT2D eigenvalue weighted by atomic mass is 9.88. The van der Waals surface area contributed by atoms with Crippen LogP contribution in [0.25, 0.3) is 0 Å². The van der Waals surface area contributed by atoms with Crippen LogP contribution in [0.3, 0.4) is 0 Å². The fraction of sp³-hybridized carbons (Fsp3) is 0.231. The standard InChI is InChI=1S/C11H10BrN3O.C2HF3O2/c1-15-3-2-5-4-14-9-6(5)10(15)7(12)8(13)11(9)16;3-2(4,5)1(6)7/h2-4,10,14H,13H2,1H3;(H,6,7). The lowest BCUT2D eigenvalue weighted by Crippen LogP contribution is -2.77. The van der Waals surface area contributed by atoms with Gasteiger partial charge in [-0.2, -0.15) is 13.2 Å². The molecule has 0 aromatic heterocycles. The average Bonchev–Trinajstić information content (AvgIpc) is 2.87. The SMILES string of the molecule is CN1C=CC2=C[NH2+]C3=C2C1C(Br)=C(N)C3=O.O=C([O-])C(F)(F)F. The summed E-state index contributed by atoms with van der Waals surface area (Å²) in [6.07, 6.45) is 0.795. The largest absolute Gasteiger partial charge is 0.542 e. The number of aliphatic carboxylic acids is 1. The van der Waals surface area contributed by atoms with Gasteiger partial charge in [-0.15, -0.1) is 0 Å². The minimum absolute atomic E-state index is 0.0442. The van der Waals surface area contributed by atoms with Gasteiger partial charge in [-0.25, -0.2) is 0 Å². The van der Waals surface area contributed by atoms with Gasteiger partial charge in [0.15, 0.2) is 5.70 Å². The van der Waals surface area contributed by atoms with Gasteiger partial charge in [0.2, 0.25) is 0 Å². The highest BCUT2D eigenvalue weighted by Crippen LogP contribution is 2.38. The van der Waals surface area contributed by atoms with Crippen molar-refractivity contribution in [1.29, 1.82) is 0 Å². The van der Waals surface area contributed by atoms with Crippen molar-refractivity contribution in [1.82, 2.24) is 4.90 Å². The number of allylic oxidation sites excluding steroid dienone is 1. The maximum Gasteiger partial charge on any atom is 0.430 e. The van der Waals surface area contributed by atoms with Crippen molar-refractivity contribution in [2.45, 2.75) is 12.2 Å². The number of nitrogens with two attached hydrogens (primary N) is 2. The van der Waals surface area contributed by atoms with Crippen LogP contribution < -0.4 is 16.2 Å².